The highest BCUT2D eigenvalue weighted by atomic mass is 79.9. The van der Waals surface area contributed by atoms with E-state index in [4.69, 9.17) is 9.47 Å². The second-order valence-electron chi connectivity index (χ2n) is 4.89. The van der Waals surface area contributed by atoms with Gasteiger partial charge in [-0.15, -0.1) is 0 Å². The van der Waals surface area contributed by atoms with Gasteiger partial charge in [0.05, 0.1) is 12.7 Å². The van der Waals surface area contributed by atoms with Gasteiger partial charge in [-0.2, -0.15) is 5.26 Å². The molecule has 0 amide bonds. The number of halogens is 1. The fourth-order valence-electron chi connectivity index (χ4n) is 2.54. The Morgan fingerprint density at radius 2 is 2.11 bits per heavy atom. The maximum atomic E-state index is 9.50. The third kappa shape index (κ3) is 3.36. The number of nitriles is 1. The zero-order valence-corrected chi connectivity index (χ0v) is 12.6. The molecular weight excluding hydrogens is 306 g/mol. The summed E-state index contributed by atoms with van der Waals surface area (Å²) < 4.78 is 12.4. The van der Waals surface area contributed by atoms with Crippen LogP contribution in [0.4, 0.5) is 0 Å². The lowest BCUT2D eigenvalue weighted by Crippen LogP contribution is -2.47. The second-order valence-corrected chi connectivity index (χ2v) is 5.80. The molecule has 1 fully saturated rings. The van der Waals surface area contributed by atoms with Crippen LogP contribution in [-0.4, -0.2) is 18.8 Å². The molecule has 0 aliphatic heterocycles. The Labute approximate surface area is 122 Å². The van der Waals surface area contributed by atoms with Crippen LogP contribution in [0.2, 0.25) is 0 Å². The van der Waals surface area contributed by atoms with Gasteiger partial charge in [0, 0.05) is 11.6 Å². The zero-order valence-electron chi connectivity index (χ0n) is 11.1. The Kier molecular flexibility index (Phi) is 4.98. The highest BCUT2D eigenvalue weighted by molar-refractivity contribution is 9.10. The van der Waals surface area contributed by atoms with Crippen molar-refractivity contribution in [3.8, 4) is 6.07 Å². The van der Waals surface area contributed by atoms with Crippen LogP contribution in [0.5, 0.6) is 0 Å². The maximum Gasteiger partial charge on any atom is 0.180 e. The molecule has 102 valence electrons. The zero-order chi connectivity index (χ0) is 13.7. The van der Waals surface area contributed by atoms with E-state index < -0.39 is 5.60 Å². The topological polar surface area (TPSA) is 42.2 Å². The minimum Gasteiger partial charge on any atom is -0.377 e. The van der Waals surface area contributed by atoms with E-state index in [0.29, 0.717) is 6.61 Å². The molecule has 0 N–H and O–H groups in total. The smallest absolute Gasteiger partial charge is 0.180 e. The number of nitrogens with zero attached hydrogens (tertiary/aromatic N) is 1. The second kappa shape index (κ2) is 6.51. The molecule has 1 aromatic carbocycles. The van der Waals surface area contributed by atoms with Crippen LogP contribution in [0.15, 0.2) is 28.7 Å². The first-order chi connectivity index (χ1) is 9.20. The summed E-state index contributed by atoms with van der Waals surface area (Å²) in [5.41, 5.74) is 0.276. The summed E-state index contributed by atoms with van der Waals surface area (Å²) in [4.78, 5) is 0. The number of ether oxygens (including phenoxy) is 2. The van der Waals surface area contributed by atoms with Crippen LogP contribution in [-0.2, 0) is 16.1 Å². The van der Waals surface area contributed by atoms with Gasteiger partial charge in [0.15, 0.2) is 5.60 Å². The molecule has 1 aliphatic carbocycles. The largest absolute Gasteiger partial charge is 0.377 e. The van der Waals surface area contributed by atoms with Crippen molar-refractivity contribution in [2.45, 2.75) is 44.0 Å². The van der Waals surface area contributed by atoms with Crippen LogP contribution in [0.25, 0.3) is 0 Å². The Balaban J connectivity index is 2.06. The van der Waals surface area contributed by atoms with E-state index in [1.54, 1.807) is 7.11 Å². The molecule has 1 saturated carbocycles. The van der Waals surface area contributed by atoms with Crippen molar-refractivity contribution in [1.82, 2.24) is 0 Å². The fraction of sp³-hybridized carbons (Fsp3) is 0.533. The first-order valence-corrected chi connectivity index (χ1v) is 7.32. The summed E-state index contributed by atoms with van der Waals surface area (Å²) in [6.45, 7) is 0.445. The molecule has 0 bridgehead atoms. The molecule has 1 aliphatic rings. The summed E-state index contributed by atoms with van der Waals surface area (Å²) in [5.74, 6) is 0. The van der Waals surface area contributed by atoms with Gasteiger partial charge in [-0.3, -0.25) is 0 Å². The van der Waals surface area contributed by atoms with E-state index in [1.165, 1.54) is 0 Å². The molecule has 4 heteroatoms. The van der Waals surface area contributed by atoms with Crippen molar-refractivity contribution >= 4 is 15.9 Å². The SMILES string of the molecule is CO[C@H]1CCCC[C@]1(C#N)OCc1ccc(Br)cc1. The molecule has 0 saturated heterocycles. The lowest BCUT2D eigenvalue weighted by atomic mass is 9.83. The average Bonchev–Trinajstić information content (AvgIpc) is 2.47. The average molecular weight is 324 g/mol. The molecule has 0 unspecified atom stereocenters. The highest BCUT2D eigenvalue weighted by Crippen LogP contribution is 2.34. The number of benzene rings is 1. The Morgan fingerprint density at radius 1 is 1.37 bits per heavy atom. The monoisotopic (exact) mass is 323 g/mol. The number of methoxy groups -OCH3 is 1. The van der Waals surface area contributed by atoms with Crippen LogP contribution in [0.3, 0.4) is 0 Å². The van der Waals surface area contributed by atoms with Gasteiger partial charge in [0.25, 0.3) is 0 Å². The van der Waals surface area contributed by atoms with E-state index in [1.807, 2.05) is 24.3 Å². The Morgan fingerprint density at radius 3 is 2.74 bits per heavy atom. The number of hydrogen-bond acceptors (Lipinski definition) is 3. The van der Waals surface area contributed by atoms with Crippen molar-refractivity contribution in [2.24, 2.45) is 0 Å². The van der Waals surface area contributed by atoms with Crippen molar-refractivity contribution in [3.63, 3.8) is 0 Å². The molecule has 3 nitrogen and oxygen atoms in total. The Hall–Kier alpha value is -0.890. The van der Waals surface area contributed by atoms with Crippen LogP contribution in [0, 0.1) is 11.3 Å². The van der Waals surface area contributed by atoms with Crippen LogP contribution >= 0.6 is 15.9 Å². The van der Waals surface area contributed by atoms with Gasteiger partial charge >= 0.3 is 0 Å². The van der Waals surface area contributed by atoms with E-state index in [2.05, 4.69) is 22.0 Å². The van der Waals surface area contributed by atoms with E-state index >= 15 is 0 Å². The predicted molar refractivity (Wildman–Crippen MR) is 76.5 cm³/mol. The van der Waals surface area contributed by atoms with E-state index in [9.17, 15) is 5.26 Å². The van der Waals surface area contributed by atoms with Gasteiger partial charge in [0.1, 0.15) is 6.07 Å². The molecule has 0 spiro atoms. The quantitative estimate of drug-likeness (QED) is 0.845. The third-order valence-electron chi connectivity index (χ3n) is 3.67. The molecule has 1 aromatic rings. The summed E-state index contributed by atoms with van der Waals surface area (Å²) in [7, 11) is 1.66. The number of rotatable bonds is 4. The maximum absolute atomic E-state index is 9.50. The predicted octanol–water partition coefficient (Wildman–Crippen LogP) is 3.82. The molecule has 19 heavy (non-hydrogen) atoms. The summed E-state index contributed by atoms with van der Waals surface area (Å²) in [5, 5.41) is 9.50. The van der Waals surface area contributed by atoms with Crippen LogP contribution in [0.1, 0.15) is 31.2 Å². The van der Waals surface area contributed by atoms with Crippen molar-refractivity contribution in [1.29, 1.82) is 5.26 Å². The van der Waals surface area contributed by atoms with Crippen molar-refractivity contribution in [2.75, 3.05) is 7.11 Å². The standard InChI is InChI=1S/C15H18BrNO2/c1-18-14-4-2-3-9-15(14,11-17)19-10-12-5-7-13(16)8-6-12/h5-8,14H,2-4,9-10H2,1H3/t14-,15+/m0/s1. The Bertz CT molecular complexity index is 454. The van der Waals surface area contributed by atoms with E-state index in [0.717, 1.165) is 35.7 Å². The molecule has 0 radical (unpaired) electrons. The lowest BCUT2D eigenvalue weighted by Gasteiger charge is -2.37. The van der Waals surface area contributed by atoms with Gasteiger partial charge in [0.2, 0.25) is 0 Å². The van der Waals surface area contributed by atoms with Gasteiger partial charge in [-0.05, 0) is 37.0 Å². The summed E-state index contributed by atoms with van der Waals surface area (Å²) in [6.07, 6.45) is 3.64. The van der Waals surface area contributed by atoms with E-state index in [-0.39, 0.29) is 6.10 Å². The van der Waals surface area contributed by atoms with Gasteiger partial charge < -0.3 is 9.47 Å². The lowest BCUT2D eigenvalue weighted by molar-refractivity contribution is -0.128. The summed E-state index contributed by atoms with van der Waals surface area (Å²) >= 11 is 3.40. The fourth-order valence-corrected chi connectivity index (χ4v) is 2.80. The molecule has 2 rings (SSSR count). The van der Waals surface area contributed by atoms with Gasteiger partial charge in [-0.1, -0.05) is 34.5 Å². The number of hydrogen-bond donors (Lipinski definition) is 0. The summed E-state index contributed by atoms with van der Waals surface area (Å²) in [6, 6.07) is 10.3. The molecular formula is C15H18BrNO2. The third-order valence-corrected chi connectivity index (χ3v) is 4.20. The van der Waals surface area contributed by atoms with Gasteiger partial charge in [-0.25, -0.2) is 0 Å². The molecule has 0 aromatic heterocycles. The first kappa shape index (κ1) is 14.5. The molecule has 2 atom stereocenters. The first-order valence-electron chi connectivity index (χ1n) is 6.52. The minimum atomic E-state index is -0.792. The normalized spacial score (nSPS) is 26.9. The minimum absolute atomic E-state index is 0.123. The highest BCUT2D eigenvalue weighted by Gasteiger charge is 2.42. The van der Waals surface area contributed by atoms with Crippen molar-refractivity contribution < 1.29 is 9.47 Å². The van der Waals surface area contributed by atoms with Crippen molar-refractivity contribution in [3.05, 3.63) is 34.3 Å². The van der Waals surface area contributed by atoms with Crippen LogP contribution < -0.4 is 0 Å². The molecule has 0 heterocycles.